The molecule has 19 heavy (non-hydrogen) atoms. The summed E-state index contributed by atoms with van der Waals surface area (Å²) in [6.45, 7) is 8.03. The zero-order chi connectivity index (χ0) is 13.8. The van der Waals surface area contributed by atoms with E-state index in [1.807, 2.05) is 6.07 Å². The molecule has 0 atom stereocenters. The Kier molecular flexibility index (Phi) is 4.87. The summed E-state index contributed by atoms with van der Waals surface area (Å²) in [4.78, 5) is 2.65. The average molecular weight is 260 g/mol. The van der Waals surface area contributed by atoms with Crippen molar-refractivity contribution in [2.24, 2.45) is 5.92 Å². The first-order valence-corrected chi connectivity index (χ1v) is 7.66. The Balaban J connectivity index is 2.04. The molecule has 1 aliphatic rings. The standard InChI is InChI=1S/C17H28N2/c1-13(2)19(17-9-7-14(3)8-10-17)12-15-5-4-6-16(18)11-15/h4-6,11,13-14,17H,7-10,12,18H2,1-3H3. The van der Waals surface area contributed by atoms with Gasteiger partial charge in [0, 0.05) is 24.3 Å². The quantitative estimate of drug-likeness (QED) is 0.827. The number of anilines is 1. The minimum Gasteiger partial charge on any atom is -0.399 e. The molecule has 0 aliphatic heterocycles. The lowest BCUT2D eigenvalue weighted by Gasteiger charge is -2.39. The fraction of sp³-hybridized carbons (Fsp3) is 0.647. The molecule has 1 fully saturated rings. The van der Waals surface area contributed by atoms with E-state index in [-0.39, 0.29) is 0 Å². The van der Waals surface area contributed by atoms with E-state index in [1.165, 1.54) is 31.2 Å². The van der Waals surface area contributed by atoms with Crippen LogP contribution < -0.4 is 5.73 Å². The number of nitrogens with zero attached hydrogens (tertiary/aromatic N) is 1. The van der Waals surface area contributed by atoms with Crippen molar-refractivity contribution < 1.29 is 0 Å². The smallest absolute Gasteiger partial charge is 0.0317 e. The summed E-state index contributed by atoms with van der Waals surface area (Å²) < 4.78 is 0. The number of nitrogen functional groups attached to an aromatic ring is 1. The largest absolute Gasteiger partial charge is 0.399 e. The lowest BCUT2D eigenvalue weighted by Crippen LogP contribution is -2.41. The Bertz CT molecular complexity index is 392. The van der Waals surface area contributed by atoms with Crippen LogP contribution in [-0.4, -0.2) is 17.0 Å². The van der Waals surface area contributed by atoms with E-state index in [0.29, 0.717) is 6.04 Å². The van der Waals surface area contributed by atoms with Gasteiger partial charge in [-0.15, -0.1) is 0 Å². The van der Waals surface area contributed by atoms with Crippen LogP contribution in [0.1, 0.15) is 52.0 Å². The van der Waals surface area contributed by atoms with Gasteiger partial charge >= 0.3 is 0 Å². The van der Waals surface area contributed by atoms with Gasteiger partial charge in [0.05, 0.1) is 0 Å². The van der Waals surface area contributed by atoms with Crippen molar-refractivity contribution in [1.29, 1.82) is 0 Å². The maximum atomic E-state index is 5.89. The molecule has 0 unspecified atom stereocenters. The van der Waals surface area contributed by atoms with Gasteiger partial charge in [0.1, 0.15) is 0 Å². The third kappa shape index (κ3) is 3.97. The summed E-state index contributed by atoms with van der Waals surface area (Å²) in [5.41, 5.74) is 8.10. The van der Waals surface area contributed by atoms with E-state index in [4.69, 9.17) is 5.73 Å². The Morgan fingerprint density at radius 2 is 1.89 bits per heavy atom. The van der Waals surface area contributed by atoms with Crippen molar-refractivity contribution in [1.82, 2.24) is 4.90 Å². The number of rotatable bonds is 4. The van der Waals surface area contributed by atoms with Gasteiger partial charge in [-0.25, -0.2) is 0 Å². The van der Waals surface area contributed by atoms with Gasteiger partial charge in [0.25, 0.3) is 0 Å². The number of benzene rings is 1. The minimum atomic E-state index is 0.597. The summed E-state index contributed by atoms with van der Waals surface area (Å²) in [5, 5.41) is 0. The first kappa shape index (κ1) is 14.4. The molecule has 2 rings (SSSR count). The van der Waals surface area contributed by atoms with Crippen LogP contribution in [0.3, 0.4) is 0 Å². The molecule has 2 N–H and O–H groups in total. The summed E-state index contributed by atoms with van der Waals surface area (Å²) in [6, 6.07) is 9.67. The predicted octanol–water partition coefficient (Wildman–Crippen LogP) is 4.06. The van der Waals surface area contributed by atoms with Crippen LogP contribution in [0.25, 0.3) is 0 Å². The summed E-state index contributed by atoms with van der Waals surface area (Å²) in [7, 11) is 0. The van der Waals surface area contributed by atoms with E-state index in [1.54, 1.807) is 0 Å². The molecule has 0 radical (unpaired) electrons. The fourth-order valence-electron chi connectivity index (χ4n) is 3.21. The molecule has 0 bridgehead atoms. The van der Waals surface area contributed by atoms with Gasteiger partial charge in [0.2, 0.25) is 0 Å². The van der Waals surface area contributed by atoms with Crippen LogP contribution in [-0.2, 0) is 6.54 Å². The number of hydrogen-bond donors (Lipinski definition) is 1. The molecule has 0 amide bonds. The lowest BCUT2D eigenvalue weighted by molar-refractivity contribution is 0.100. The van der Waals surface area contributed by atoms with E-state index >= 15 is 0 Å². The average Bonchev–Trinajstić information content (AvgIpc) is 2.37. The molecule has 1 aromatic rings. The van der Waals surface area contributed by atoms with Crippen molar-refractivity contribution in [2.45, 2.75) is 65.1 Å². The topological polar surface area (TPSA) is 29.3 Å². The lowest BCUT2D eigenvalue weighted by atomic mass is 9.86. The third-order valence-corrected chi connectivity index (χ3v) is 4.43. The number of nitrogens with two attached hydrogens (primary N) is 1. The van der Waals surface area contributed by atoms with Crippen molar-refractivity contribution in [2.75, 3.05) is 5.73 Å². The van der Waals surface area contributed by atoms with E-state index in [2.05, 4.69) is 43.9 Å². The summed E-state index contributed by atoms with van der Waals surface area (Å²) in [6.07, 6.45) is 5.46. The monoisotopic (exact) mass is 260 g/mol. The van der Waals surface area contributed by atoms with Crippen LogP contribution in [0, 0.1) is 5.92 Å². The highest BCUT2D eigenvalue weighted by Gasteiger charge is 2.25. The van der Waals surface area contributed by atoms with Crippen molar-refractivity contribution in [3.05, 3.63) is 29.8 Å². The second-order valence-corrected chi connectivity index (χ2v) is 6.42. The molecule has 0 heterocycles. The molecule has 1 aliphatic carbocycles. The van der Waals surface area contributed by atoms with Crippen LogP contribution in [0.4, 0.5) is 5.69 Å². The predicted molar refractivity (Wildman–Crippen MR) is 83.0 cm³/mol. The van der Waals surface area contributed by atoms with E-state index in [0.717, 1.165) is 24.2 Å². The highest BCUT2D eigenvalue weighted by atomic mass is 15.2. The van der Waals surface area contributed by atoms with Gasteiger partial charge in [-0.05, 0) is 63.1 Å². The fourth-order valence-corrected chi connectivity index (χ4v) is 3.21. The van der Waals surface area contributed by atoms with Crippen LogP contribution in [0.2, 0.25) is 0 Å². The normalized spacial score (nSPS) is 24.1. The zero-order valence-electron chi connectivity index (χ0n) is 12.6. The van der Waals surface area contributed by atoms with E-state index < -0.39 is 0 Å². The SMILES string of the molecule is CC1CCC(N(Cc2cccc(N)c2)C(C)C)CC1. The molecule has 1 aromatic carbocycles. The second kappa shape index (κ2) is 6.42. The minimum absolute atomic E-state index is 0.597. The summed E-state index contributed by atoms with van der Waals surface area (Å²) in [5.74, 6) is 0.914. The van der Waals surface area contributed by atoms with Gasteiger partial charge in [-0.2, -0.15) is 0 Å². The molecule has 106 valence electrons. The highest BCUT2D eigenvalue weighted by molar-refractivity contribution is 5.40. The summed E-state index contributed by atoms with van der Waals surface area (Å²) >= 11 is 0. The molecule has 2 nitrogen and oxygen atoms in total. The Morgan fingerprint density at radius 1 is 1.21 bits per heavy atom. The van der Waals surface area contributed by atoms with E-state index in [9.17, 15) is 0 Å². The molecule has 0 aromatic heterocycles. The first-order valence-electron chi connectivity index (χ1n) is 7.66. The molecule has 1 saturated carbocycles. The zero-order valence-corrected chi connectivity index (χ0v) is 12.6. The maximum Gasteiger partial charge on any atom is 0.0317 e. The highest BCUT2D eigenvalue weighted by Crippen LogP contribution is 2.29. The first-order chi connectivity index (χ1) is 9.06. The van der Waals surface area contributed by atoms with Gasteiger partial charge < -0.3 is 5.73 Å². The number of hydrogen-bond acceptors (Lipinski definition) is 2. The Labute approximate surface area is 118 Å². The van der Waals surface area contributed by atoms with Crippen molar-refractivity contribution in [3.63, 3.8) is 0 Å². The van der Waals surface area contributed by atoms with Crippen LogP contribution in [0.15, 0.2) is 24.3 Å². The molecule has 0 saturated heterocycles. The molecule has 0 spiro atoms. The van der Waals surface area contributed by atoms with Crippen molar-refractivity contribution in [3.8, 4) is 0 Å². The van der Waals surface area contributed by atoms with Crippen molar-refractivity contribution >= 4 is 5.69 Å². The van der Waals surface area contributed by atoms with Gasteiger partial charge in [-0.1, -0.05) is 19.1 Å². The Hall–Kier alpha value is -1.02. The Morgan fingerprint density at radius 3 is 2.47 bits per heavy atom. The second-order valence-electron chi connectivity index (χ2n) is 6.42. The van der Waals surface area contributed by atoms with Gasteiger partial charge in [0.15, 0.2) is 0 Å². The van der Waals surface area contributed by atoms with Gasteiger partial charge in [-0.3, -0.25) is 4.90 Å². The van der Waals surface area contributed by atoms with Crippen LogP contribution in [0.5, 0.6) is 0 Å². The third-order valence-electron chi connectivity index (χ3n) is 4.43. The maximum absolute atomic E-state index is 5.89. The van der Waals surface area contributed by atoms with Crippen LogP contribution >= 0.6 is 0 Å². The molecular weight excluding hydrogens is 232 g/mol. The molecular formula is C17H28N2. The molecule has 2 heteroatoms.